The van der Waals surface area contributed by atoms with Crippen molar-refractivity contribution < 1.29 is 4.74 Å². The highest BCUT2D eigenvalue weighted by Crippen LogP contribution is 2.29. The molecule has 8 heteroatoms. The first-order chi connectivity index (χ1) is 11.7. The fourth-order valence-corrected chi connectivity index (χ4v) is 3.53. The van der Waals surface area contributed by atoms with E-state index in [2.05, 4.69) is 58.8 Å². The lowest BCUT2D eigenvalue weighted by molar-refractivity contribution is -0.0298. The molecule has 0 radical (unpaired) electrons. The van der Waals surface area contributed by atoms with Gasteiger partial charge < -0.3 is 10.1 Å². The Labute approximate surface area is 161 Å². The Balaban J connectivity index is 1.73. The van der Waals surface area contributed by atoms with Crippen molar-refractivity contribution in [2.45, 2.75) is 25.5 Å². The van der Waals surface area contributed by atoms with E-state index < -0.39 is 0 Å². The van der Waals surface area contributed by atoms with Crippen LogP contribution in [0.15, 0.2) is 35.1 Å². The van der Waals surface area contributed by atoms with Gasteiger partial charge in [-0.15, -0.1) is 0 Å². The molecule has 124 valence electrons. The van der Waals surface area contributed by atoms with Crippen LogP contribution in [-0.2, 0) is 4.74 Å². The van der Waals surface area contributed by atoms with Gasteiger partial charge in [-0.1, -0.05) is 15.9 Å². The van der Waals surface area contributed by atoms with Gasteiger partial charge in [-0.25, -0.2) is 15.0 Å². The topological polar surface area (TPSA) is 64.9 Å². The van der Waals surface area contributed by atoms with Gasteiger partial charge in [0.05, 0.1) is 6.33 Å². The van der Waals surface area contributed by atoms with E-state index in [9.17, 15) is 0 Å². The van der Waals surface area contributed by atoms with Crippen LogP contribution < -0.4 is 5.32 Å². The number of nitrogens with one attached hydrogen (secondary N) is 1. The summed E-state index contributed by atoms with van der Waals surface area (Å²) in [6.07, 6.45) is 5.08. The lowest BCUT2D eigenvalue weighted by Crippen LogP contribution is -2.18. The normalized spacial score (nSPS) is 18.0. The predicted molar refractivity (Wildman–Crippen MR) is 104 cm³/mol. The first-order valence-electron chi connectivity index (χ1n) is 7.75. The van der Waals surface area contributed by atoms with Gasteiger partial charge >= 0.3 is 0 Å². The van der Waals surface area contributed by atoms with E-state index in [4.69, 9.17) is 4.74 Å². The molecule has 0 saturated carbocycles. The zero-order chi connectivity index (χ0) is 16.5. The van der Waals surface area contributed by atoms with Crippen LogP contribution in [0.3, 0.4) is 0 Å². The van der Waals surface area contributed by atoms with Crippen LogP contribution in [0.5, 0.6) is 0 Å². The molecule has 2 aromatic heterocycles. The molecule has 4 rings (SSSR count). The summed E-state index contributed by atoms with van der Waals surface area (Å²) in [5.41, 5.74) is 2.52. The number of rotatable bonds is 3. The van der Waals surface area contributed by atoms with Crippen molar-refractivity contribution >= 4 is 61.2 Å². The largest absolute Gasteiger partial charge is 0.358 e. The molecule has 1 unspecified atom stereocenters. The molecular weight excluding hydrogens is 485 g/mol. The molecule has 1 aliphatic rings. The Bertz CT molecular complexity index is 861. The second-order valence-electron chi connectivity index (χ2n) is 5.62. The third-order valence-electron chi connectivity index (χ3n) is 3.97. The smallest absolute Gasteiger partial charge is 0.194 e. The van der Waals surface area contributed by atoms with Gasteiger partial charge in [0, 0.05) is 39.4 Å². The average molecular weight is 500 g/mol. The minimum Gasteiger partial charge on any atom is -0.358 e. The second kappa shape index (κ2) is 6.93. The summed E-state index contributed by atoms with van der Waals surface area (Å²) in [6.45, 7) is 0.788. The van der Waals surface area contributed by atoms with Crippen molar-refractivity contribution in [1.29, 1.82) is 0 Å². The molecule has 0 spiro atoms. The van der Waals surface area contributed by atoms with E-state index in [1.165, 1.54) is 0 Å². The number of aromatic nitrogens is 4. The maximum atomic E-state index is 5.88. The van der Waals surface area contributed by atoms with Crippen LogP contribution in [-0.4, -0.2) is 26.1 Å². The van der Waals surface area contributed by atoms with Gasteiger partial charge in [-0.3, -0.25) is 4.57 Å². The van der Waals surface area contributed by atoms with Crippen molar-refractivity contribution in [3.63, 3.8) is 0 Å². The molecule has 0 amide bonds. The Kier molecular flexibility index (Phi) is 4.68. The van der Waals surface area contributed by atoms with E-state index in [1.807, 2.05) is 28.8 Å². The van der Waals surface area contributed by atoms with Crippen molar-refractivity contribution in [3.05, 3.63) is 38.9 Å². The summed E-state index contributed by atoms with van der Waals surface area (Å²) in [5, 5.41) is 3.34. The Morgan fingerprint density at radius 3 is 2.79 bits per heavy atom. The van der Waals surface area contributed by atoms with Gasteiger partial charge in [0.15, 0.2) is 20.8 Å². The molecule has 24 heavy (non-hydrogen) atoms. The van der Waals surface area contributed by atoms with Crippen molar-refractivity contribution in [3.8, 4) is 0 Å². The van der Waals surface area contributed by atoms with Gasteiger partial charge in [0.1, 0.15) is 6.23 Å². The molecule has 1 fully saturated rings. The van der Waals surface area contributed by atoms with E-state index in [0.29, 0.717) is 9.65 Å². The van der Waals surface area contributed by atoms with Crippen molar-refractivity contribution in [2.75, 3.05) is 11.9 Å². The van der Waals surface area contributed by atoms with Crippen molar-refractivity contribution in [1.82, 2.24) is 19.5 Å². The Hall–Kier alpha value is -1.26. The Morgan fingerprint density at radius 2 is 2.04 bits per heavy atom. The molecular formula is C16H15BrIN5O. The highest BCUT2D eigenvalue weighted by molar-refractivity contribution is 14.1. The number of imidazole rings is 1. The third kappa shape index (κ3) is 3.27. The third-order valence-corrected chi connectivity index (χ3v) is 4.98. The minimum absolute atomic E-state index is 0.00924. The lowest BCUT2D eigenvalue weighted by Gasteiger charge is -2.23. The van der Waals surface area contributed by atoms with Crippen LogP contribution in [0.2, 0.25) is 0 Å². The molecule has 1 atom stereocenters. The van der Waals surface area contributed by atoms with E-state index >= 15 is 0 Å². The monoisotopic (exact) mass is 499 g/mol. The first-order valence-corrected chi connectivity index (χ1v) is 9.62. The molecule has 3 heterocycles. The maximum absolute atomic E-state index is 5.88. The maximum Gasteiger partial charge on any atom is 0.194 e. The van der Waals surface area contributed by atoms with E-state index in [1.54, 1.807) is 6.33 Å². The zero-order valence-electron chi connectivity index (χ0n) is 12.7. The lowest BCUT2D eigenvalue weighted by atomic mass is 10.2. The minimum atomic E-state index is 0.00924. The van der Waals surface area contributed by atoms with Crippen LogP contribution in [0.1, 0.15) is 25.5 Å². The highest BCUT2D eigenvalue weighted by atomic mass is 127. The predicted octanol–water partition coefficient (Wildman–Crippen LogP) is 4.64. The summed E-state index contributed by atoms with van der Waals surface area (Å²) in [4.78, 5) is 13.6. The number of fused-ring (bicyclic) bond motifs is 1. The summed E-state index contributed by atoms with van der Waals surface area (Å²) in [7, 11) is 0. The van der Waals surface area contributed by atoms with Gasteiger partial charge in [0.25, 0.3) is 0 Å². The molecule has 0 bridgehead atoms. The molecule has 1 aromatic carbocycles. The molecule has 6 nitrogen and oxygen atoms in total. The van der Waals surface area contributed by atoms with Crippen LogP contribution in [0.4, 0.5) is 11.5 Å². The van der Waals surface area contributed by atoms with Crippen molar-refractivity contribution in [2.24, 2.45) is 0 Å². The number of hydrogen-bond acceptors (Lipinski definition) is 5. The summed E-state index contributed by atoms with van der Waals surface area (Å²) >= 11 is 5.58. The molecule has 3 aromatic rings. The number of halogens is 2. The van der Waals surface area contributed by atoms with Crippen LogP contribution in [0, 0.1) is 3.83 Å². The first kappa shape index (κ1) is 16.2. The number of anilines is 2. The zero-order valence-corrected chi connectivity index (χ0v) is 16.5. The number of hydrogen-bond donors (Lipinski definition) is 1. The molecule has 1 N–H and O–H groups in total. The molecule has 1 aliphatic heterocycles. The van der Waals surface area contributed by atoms with Crippen LogP contribution >= 0.6 is 38.5 Å². The average Bonchev–Trinajstić information content (AvgIpc) is 3.01. The number of ether oxygens (including phenoxy) is 1. The van der Waals surface area contributed by atoms with Crippen LogP contribution in [0.25, 0.3) is 11.2 Å². The number of benzene rings is 1. The fourth-order valence-electron chi connectivity index (χ4n) is 2.80. The second-order valence-corrected chi connectivity index (χ2v) is 7.50. The summed E-state index contributed by atoms with van der Waals surface area (Å²) in [5.74, 6) is 0.710. The molecule has 1 saturated heterocycles. The standard InChI is InChI=1S/C16H15BrIN5O/c17-10-4-6-11(7-5-10)20-14-13-15(22-16(18)21-14)23(9-19-13)12-3-1-2-8-24-12/h4-7,9,12H,1-3,8H2,(H,20,21,22). The quantitative estimate of drug-likeness (QED) is 0.420. The molecule has 0 aliphatic carbocycles. The van der Waals surface area contributed by atoms with E-state index in [-0.39, 0.29) is 6.23 Å². The fraction of sp³-hybridized carbons (Fsp3) is 0.312. The van der Waals surface area contributed by atoms with E-state index in [0.717, 1.165) is 47.2 Å². The van der Waals surface area contributed by atoms with Gasteiger partial charge in [-0.2, -0.15) is 0 Å². The SMILES string of the molecule is Brc1ccc(Nc2nc(I)nc3c2ncn3C2CCCCO2)cc1. The summed E-state index contributed by atoms with van der Waals surface area (Å²) in [6, 6.07) is 7.96. The number of nitrogens with zero attached hydrogens (tertiary/aromatic N) is 4. The van der Waals surface area contributed by atoms with Gasteiger partial charge in [0.2, 0.25) is 0 Å². The highest BCUT2D eigenvalue weighted by Gasteiger charge is 2.21. The van der Waals surface area contributed by atoms with Gasteiger partial charge in [-0.05, 0) is 43.5 Å². The summed E-state index contributed by atoms with van der Waals surface area (Å²) < 4.78 is 9.61. The Morgan fingerprint density at radius 1 is 1.21 bits per heavy atom.